The second kappa shape index (κ2) is 4.84. The molecule has 0 aliphatic heterocycles. The standard InChI is InChI=1S/C8H9BN5O3S/c1-10-18(16,17)5-2-3-7(9-15)6(4-5)8-11-13-14-12-8/h2-4,10,15H,1H3,(H,11,12,13,14). The highest BCUT2D eigenvalue weighted by atomic mass is 32.2. The minimum atomic E-state index is -3.57. The number of sulfonamides is 1. The Morgan fingerprint density at radius 2 is 2.22 bits per heavy atom. The van der Waals surface area contributed by atoms with E-state index in [0.29, 0.717) is 11.0 Å². The van der Waals surface area contributed by atoms with Crippen LogP contribution in [0.15, 0.2) is 23.1 Å². The van der Waals surface area contributed by atoms with E-state index in [2.05, 4.69) is 25.3 Å². The van der Waals surface area contributed by atoms with E-state index in [-0.39, 0.29) is 10.7 Å². The molecule has 0 bridgehead atoms. The van der Waals surface area contributed by atoms with Gasteiger partial charge in [-0.15, -0.1) is 10.2 Å². The van der Waals surface area contributed by atoms with Gasteiger partial charge in [-0.25, -0.2) is 13.1 Å². The molecule has 1 heterocycles. The smallest absolute Gasteiger partial charge is 0.327 e. The molecule has 10 heteroatoms. The van der Waals surface area contributed by atoms with E-state index in [4.69, 9.17) is 5.02 Å². The summed E-state index contributed by atoms with van der Waals surface area (Å²) in [5.74, 6) is 0.198. The molecule has 1 radical (unpaired) electrons. The molecule has 2 rings (SSSR count). The van der Waals surface area contributed by atoms with Gasteiger partial charge in [0.25, 0.3) is 0 Å². The van der Waals surface area contributed by atoms with E-state index < -0.39 is 10.0 Å². The van der Waals surface area contributed by atoms with Crippen molar-refractivity contribution in [3.8, 4) is 11.4 Å². The second-order valence-electron chi connectivity index (χ2n) is 3.32. The van der Waals surface area contributed by atoms with Crippen LogP contribution in [0, 0.1) is 0 Å². The van der Waals surface area contributed by atoms with E-state index >= 15 is 0 Å². The lowest BCUT2D eigenvalue weighted by atomic mass is 9.84. The van der Waals surface area contributed by atoms with E-state index in [1.807, 2.05) is 0 Å². The summed E-state index contributed by atoms with van der Waals surface area (Å²) in [5.41, 5.74) is 0.758. The second-order valence-corrected chi connectivity index (χ2v) is 5.21. The van der Waals surface area contributed by atoms with Crippen molar-refractivity contribution in [3.05, 3.63) is 18.2 Å². The van der Waals surface area contributed by atoms with Gasteiger partial charge in [0.1, 0.15) is 0 Å². The Bertz CT molecular complexity index is 643. The lowest BCUT2D eigenvalue weighted by molar-refractivity contribution is 0.588. The van der Waals surface area contributed by atoms with Gasteiger partial charge in [0.2, 0.25) is 15.8 Å². The zero-order valence-corrected chi connectivity index (χ0v) is 10.1. The minimum absolute atomic E-state index is 0.0513. The lowest BCUT2D eigenvalue weighted by Crippen LogP contribution is -2.22. The molecule has 0 aliphatic carbocycles. The number of hydrogen-bond donors (Lipinski definition) is 3. The molecule has 0 aliphatic rings. The van der Waals surface area contributed by atoms with Gasteiger partial charge in [-0.3, -0.25) is 0 Å². The molecule has 0 amide bonds. The van der Waals surface area contributed by atoms with Gasteiger partial charge in [0.15, 0.2) is 0 Å². The molecule has 0 atom stereocenters. The maximum Gasteiger partial charge on any atom is 0.327 e. The van der Waals surface area contributed by atoms with Crippen molar-refractivity contribution >= 4 is 23.0 Å². The van der Waals surface area contributed by atoms with Crippen molar-refractivity contribution in [3.63, 3.8) is 0 Å². The number of rotatable bonds is 4. The van der Waals surface area contributed by atoms with Gasteiger partial charge in [-0.1, -0.05) is 6.07 Å². The molecule has 1 aromatic heterocycles. The molecule has 18 heavy (non-hydrogen) atoms. The summed E-state index contributed by atoms with van der Waals surface area (Å²) in [4.78, 5) is 0.0513. The quantitative estimate of drug-likeness (QED) is 0.551. The number of benzene rings is 1. The zero-order chi connectivity index (χ0) is 13.2. The van der Waals surface area contributed by atoms with Crippen molar-refractivity contribution in [1.29, 1.82) is 0 Å². The van der Waals surface area contributed by atoms with Crippen LogP contribution in [-0.4, -0.2) is 48.6 Å². The highest BCUT2D eigenvalue weighted by Crippen LogP contribution is 2.16. The Morgan fingerprint density at radius 3 is 2.78 bits per heavy atom. The monoisotopic (exact) mass is 266 g/mol. The first-order chi connectivity index (χ1) is 8.58. The van der Waals surface area contributed by atoms with E-state index in [9.17, 15) is 8.42 Å². The predicted octanol–water partition coefficient (Wildman–Crippen LogP) is -1.99. The lowest BCUT2D eigenvalue weighted by Gasteiger charge is -2.07. The summed E-state index contributed by atoms with van der Waals surface area (Å²) in [6.07, 6.45) is 0. The number of hydrogen-bond acceptors (Lipinski definition) is 6. The molecule has 0 saturated heterocycles. The Morgan fingerprint density at radius 1 is 1.44 bits per heavy atom. The van der Waals surface area contributed by atoms with E-state index in [0.717, 1.165) is 7.48 Å². The third kappa shape index (κ3) is 2.25. The fourth-order valence-electron chi connectivity index (χ4n) is 1.40. The number of tetrazole rings is 1. The van der Waals surface area contributed by atoms with Crippen LogP contribution in [-0.2, 0) is 10.0 Å². The SMILES string of the molecule is CNS(=O)(=O)c1ccc([B]O)c(-c2nn[nH]n2)c1. The number of aromatic nitrogens is 4. The molecule has 93 valence electrons. The molecule has 0 unspecified atom stereocenters. The fraction of sp³-hybridized carbons (Fsp3) is 0.125. The minimum Gasteiger partial charge on any atom is -0.450 e. The van der Waals surface area contributed by atoms with Gasteiger partial charge in [-0.2, -0.15) is 5.21 Å². The largest absolute Gasteiger partial charge is 0.450 e. The number of H-pyrrole nitrogens is 1. The van der Waals surface area contributed by atoms with Crippen molar-refractivity contribution in [2.45, 2.75) is 4.90 Å². The van der Waals surface area contributed by atoms with Crippen LogP contribution in [0.3, 0.4) is 0 Å². The molecule has 0 spiro atoms. The van der Waals surface area contributed by atoms with Crippen LogP contribution < -0.4 is 10.2 Å². The summed E-state index contributed by atoms with van der Waals surface area (Å²) in [6, 6.07) is 4.19. The molecule has 0 saturated carbocycles. The number of nitrogens with zero attached hydrogens (tertiary/aromatic N) is 3. The Hall–Kier alpha value is -1.78. The number of aromatic amines is 1. The predicted molar refractivity (Wildman–Crippen MR) is 63.5 cm³/mol. The summed E-state index contributed by atoms with van der Waals surface area (Å²) in [7, 11) is -1.40. The molecule has 2 aromatic rings. The van der Waals surface area contributed by atoms with Crippen molar-refractivity contribution in [2.24, 2.45) is 0 Å². The van der Waals surface area contributed by atoms with Gasteiger partial charge in [0.05, 0.1) is 4.90 Å². The summed E-state index contributed by atoms with van der Waals surface area (Å²) in [6.45, 7) is 0. The molecule has 1 aromatic carbocycles. The van der Waals surface area contributed by atoms with Crippen LogP contribution in [0.4, 0.5) is 0 Å². The molecule has 8 nitrogen and oxygen atoms in total. The molecular weight excluding hydrogens is 257 g/mol. The van der Waals surface area contributed by atoms with Crippen LogP contribution in [0.1, 0.15) is 0 Å². The first-order valence-corrected chi connectivity index (χ1v) is 6.35. The van der Waals surface area contributed by atoms with Crippen LogP contribution in [0.5, 0.6) is 0 Å². The normalized spacial score (nSPS) is 11.4. The van der Waals surface area contributed by atoms with Gasteiger partial charge >= 0.3 is 7.48 Å². The summed E-state index contributed by atoms with van der Waals surface area (Å²) < 4.78 is 25.6. The van der Waals surface area contributed by atoms with Crippen LogP contribution >= 0.6 is 0 Å². The average Bonchev–Trinajstić information content (AvgIpc) is 2.91. The van der Waals surface area contributed by atoms with Crippen LogP contribution in [0.25, 0.3) is 11.4 Å². The van der Waals surface area contributed by atoms with Gasteiger partial charge < -0.3 is 5.02 Å². The van der Waals surface area contributed by atoms with Gasteiger partial charge in [-0.05, 0) is 29.9 Å². The molecular formula is C8H9BN5O3S. The zero-order valence-electron chi connectivity index (χ0n) is 9.32. The number of nitrogens with one attached hydrogen (secondary N) is 2. The van der Waals surface area contributed by atoms with Crippen molar-refractivity contribution in [2.75, 3.05) is 7.05 Å². The van der Waals surface area contributed by atoms with E-state index in [1.54, 1.807) is 0 Å². The Labute approximate surface area is 104 Å². The molecule has 3 N–H and O–H groups in total. The topological polar surface area (TPSA) is 121 Å². The van der Waals surface area contributed by atoms with Crippen molar-refractivity contribution < 1.29 is 13.4 Å². The first-order valence-electron chi connectivity index (χ1n) is 4.87. The fourth-order valence-corrected chi connectivity index (χ4v) is 2.16. The third-order valence-electron chi connectivity index (χ3n) is 2.33. The summed E-state index contributed by atoms with van der Waals surface area (Å²) >= 11 is 0. The maximum absolute atomic E-state index is 11.7. The summed E-state index contributed by atoms with van der Waals surface area (Å²) in [5, 5.41) is 22.2. The first kappa shape index (κ1) is 12.7. The Balaban J connectivity index is 2.60. The highest BCUT2D eigenvalue weighted by molar-refractivity contribution is 7.89. The van der Waals surface area contributed by atoms with Crippen molar-refractivity contribution in [1.82, 2.24) is 25.3 Å². The Kier molecular flexibility index (Phi) is 3.41. The van der Waals surface area contributed by atoms with E-state index in [1.165, 1.54) is 25.2 Å². The molecule has 0 fully saturated rings. The third-order valence-corrected chi connectivity index (χ3v) is 3.74. The highest BCUT2D eigenvalue weighted by Gasteiger charge is 2.17. The van der Waals surface area contributed by atoms with Crippen LogP contribution in [0.2, 0.25) is 0 Å². The van der Waals surface area contributed by atoms with Gasteiger partial charge in [0, 0.05) is 5.56 Å². The average molecular weight is 266 g/mol. The maximum atomic E-state index is 11.7.